The smallest absolute Gasteiger partial charge is 0.187 e. The minimum Gasteiger partial charge on any atom is -0.255 e. The van der Waals surface area contributed by atoms with Crippen LogP contribution in [0.4, 0.5) is 0 Å². The summed E-state index contributed by atoms with van der Waals surface area (Å²) in [5.74, 6) is 0. The Balaban J connectivity index is 0.000000173. The number of hydrogen-bond donors (Lipinski definition) is 0. The summed E-state index contributed by atoms with van der Waals surface area (Å²) < 4.78 is 0. The Kier molecular flexibility index (Phi) is 9.11. The molecular weight excluding hydrogens is 536 g/mol. The van der Waals surface area contributed by atoms with Crippen molar-refractivity contribution in [1.82, 2.24) is 39.9 Å². The molecule has 0 aliphatic heterocycles. The van der Waals surface area contributed by atoms with E-state index >= 15 is 0 Å². The standard InChI is InChI=1S/C13H9ClN4S.C13H10N4S.CH4/c1-19-13-16-6-4-9(18-13)10-7-8-3-2-5-15-11(8)12(14)17-10;1-18-13-15-6-4-10(17-13)11-7-9-3-2-5-14-12(9)8-16-11;/h2-7H,1H3;2-8H,1H3;1H4. The number of nitrogens with zero attached hydrogens (tertiary/aromatic N) is 8. The molecule has 0 spiro atoms. The molecule has 0 saturated heterocycles. The first kappa shape index (κ1) is 27.3. The van der Waals surface area contributed by atoms with Gasteiger partial charge in [-0.15, -0.1) is 0 Å². The molecule has 0 saturated carbocycles. The van der Waals surface area contributed by atoms with Gasteiger partial charge in [-0.3, -0.25) is 15.0 Å². The molecule has 0 unspecified atom stereocenters. The maximum absolute atomic E-state index is 6.16. The third-order valence-electron chi connectivity index (χ3n) is 5.19. The lowest BCUT2D eigenvalue weighted by Crippen LogP contribution is -1.93. The normalized spacial score (nSPS) is 10.5. The topological polar surface area (TPSA) is 103 Å². The van der Waals surface area contributed by atoms with Gasteiger partial charge in [0.1, 0.15) is 5.52 Å². The zero-order chi connectivity index (χ0) is 25.6. The number of thioether (sulfide) groups is 2. The van der Waals surface area contributed by atoms with Crippen molar-refractivity contribution in [2.24, 2.45) is 0 Å². The molecule has 190 valence electrons. The van der Waals surface area contributed by atoms with E-state index in [1.807, 2.05) is 61.0 Å². The third kappa shape index (κ3) is 6.21. The molecule has 0 atom stereocenters. The molecule has 0 aliphatic carbocycles. The molecule has 0 radical (unpaired) electrons. The van der Waals surface area contributed by atoms with Crippen LogP contribution in [0, 0.1) is 0 Å². The van der Waals surface area contributed by atoms with Crippen LogP contribution >= 0.6 is 35.1 Å². The summed E-state index contributed by atoms with van der Waals surface area (Å²) in [4.78, 5) is 34.4. The van der Waals surface area contributed by atoms with E-state index in [9.17, 15) is 0 Å². The summed E-state index contributed by atoms with van der Waals surface area (Å²) in [5, 5.41) is 3.85. The van der Waals surface area contributed by atoms with Gasteiger partial charge in [-0.1, -0.05) is 54.7 Å². The lowest BCUT2D eigenvalue weighted by Gasteiger charge is -2.04. The van der Waals surface area contributed by atoms with E-state index in [0.29, 0.717) is 15.8 Å². The van der Waals surface area contributed by atoms with Crippen molar-refractivity contribution in [3.63, 3.8) is 0 Å². The molecule has 6 heterocycles. The second kappa shape index (κ2) is 12.7. The monoisotopic (exact) mass is 558 g/mol. The van der Waals surface area contributed by atoms with E-state index in [-0.39, 0.29) is 7.43 Å². The fourth-order valence-electron chi connectivity index (χ4n) is 3.45. The van der Waals surface area contributed by atoms with Crippen molar-refractivity contribution in [2.45, 2.75) is 17.7 Å². The highest BCUT2D eigenvalue weighted by Crippen LogP contribution is 2.26. The van der Waals surface area contributed by atoms with Gasteiger partial charge in [0.25, 0.3) is 0 Å². The average Bonchev–Trinajstić information content (AvgIpc) is 2.97. The van der Waals surface area contributed by atoms with Gasteiger partial charge in [0.05, 0.1) is 34.5 Å². The first-order chi connectivity index (χ1) is 18.1. The average molecular weight is 559 g/mol. The van der Waals surface area contributed by atoms with Crippen molar-refractivity contribution in [1.29, 1.82) is 0 Å². The Morgan fingerprint density at radius 2 is 1.21 bits per heavy atom. The molecule has 0 amide bonds. The van der Waals surface area contributed by atoms with Crippen molar-refractivity contribution >= 4 is 56.9 Å². The van der Waals surface area contributed by atoms with Gasteiger partial charge in [-0.2, -0.15) is 0 Å². The summed E-state index contributed by atoms with van der Waals surface area (Å²) >= 11 is 9.17. The molecule has 6 aromatic heterocycles. The van der Waals surface area contributed by atoms with E-state index in [4.69, 9.17) is 11.6 Å². The van der Waals surface area contributed by atoms with Gasteiger partial charge in [-0.25, -0.2) is 24.9 Å². The molecule has 0 fully saturated rings. The maximum Gasteiger partial charge on any atom is 0.187 e. The van der Waals surface area contributed by atoms with Gasteiger partial charge >= 0.3 is 0 Å². The summed E-state index contributed by atoms with van der Waals surface area (Å²) in [7, 11) is 0. The van der Waals surface area contributed by atoms with Crippen LogP contribution in [0.3, 0.4) is 0 Å². The summed E-state index contributed by atoms with van der Waals surface area (Å²) in [5.41, 5.74) is 4.75. The van der Waals surface area contributed by atoms with Gasteiger partial charge in [0, 0.05) is 35.6 Å². The Bertz CT molecular complexity index is 1700. The van der Waals surface area contributed by atoms with Crippen LogP contribution in [-0.2, 0) is 0 Å². The lowest BCUT2D eigenvalue weighted by molar-refractivity contribution is 0.971. The highest BCUT2D eigenvalue weighted by atomic mass is 35.5. The molecule has 6 rings (SSSR count). The Morgan fingerprint density at radius 1 is 0.605 bits per heavy atom. The fraction of sp³-hybridized carbons (Fsp3) is 0.111. The van der Waals surface area contributed by atoms with E-state index < -0.39 is 0 Å². The second-order valence-corrected chi connectivity index (χ2v) is 9.40. The number of aromatic nitrogens is 8. The fourth-order valence-corrected chi connectivity index (χ4v) is 4.42. The first-order valence-corrected chi connectivity index (χ1v) is 13.8. The third-order valence-corrected chi connectivity index (χ3v) is 6.58. The van der Waals surface area contributed by atoms with E-state index in [1.54, 1.807) is 31.0 Å². The molecule has 6 aromatic rings. The second-order valence-electron chi connectivity index (χ2n) is 7.50. The number of halogens is 1. The van der Waals surface area contributed by atoms with E-state index in [2.05, 4.69) is 39.9 Å². The van der Waals surface area contributed by atoms with Crippen LogP contribution in [0.15, 0.2) is 89.8 Å². The van der Waals surface area contributed by atoms with Gasteiger partial charge < -0.3 is 0 Å². The van der Waals surface area contributed by atoms with Crippen LogP contribution in [0.1, 0.15) is 7.43 Å². The van der Waals surface area contributed by atoms with Crippen LogP contribution in [-0.4, -0.2) is 52.4 Å². The molecular formula is C27H23ClN8S2. The highest BCUT2D eigenvalue weighted by Gasteiger charge is 2.09. The number of pyridine rings is 4. The highest BCUT2D eigenvalue weighted by molar-refractivity contribution is 7.98. The Labute approximate surface area is 233 Å². The first-order valence-electron chi connectivity index (χ1n) is 11.0. The summed E-state index contributed by atoms with van der Waals surface area (Å²) in [6.07, 6.45) is 12.6. The van der Waals surface area contributed by atoms with E-state index in [0.717, 1.165) is 44.2 Å². The van der Waals surface area contributed by atoms with Crippen molar-refractivity contribution in [2.75, 3.05) is 12.5 Å². The zero-order valence-corrected chi connectivity index (χ0v) is 22.2. The summed E-state index contributed by atoms with van der Waals surface area (Å²) in [6, 6.07) is 15.4. The van der Waals surface area contributed by atoms with Gasteiger partial charge in [-0.05, 0) is 48.9 Å². The molecule has 0 aliphatic rings. The molecule has 11 heteroatoms. The predicted octanol–water partition coefficient (Wildman–Crippen LogP) is 6.91. The SMILES string of the molecule is C.CSc1nccc(-c2cc3cccnc3c(Cl)n2)n1.CSc1nccc(-c2cc3cccnc3cn2)n1. The lowest BCUT2D eigenvalue weighted by atomic mass is 10.2. The molecule has 0 bridgehead atoms. The molecule has 0 N–H and O–H groups in total. The largest absolute Gasteiger partial charge is 0.255 e. The quantitative estimate of drug-likeness (QED) is 0.129. The molecule has 8 nitrogen and oxygen atoms in total. The van der Waals surface area contributed by atoms with Gasteiger partial charge in [0.2, 0.25) is 0 Å². The van der Waals surface area contributed by atoms with E-state index in [1.165, 1.54) is 23.5 Å². The number of fused-ring (bicyclic) bond motifs is 2. The Hall–Kier alpha value is -3.73. The molecule has 38 heavy (non-hydrogen) atoms. The van der Waals surface area contributed by atoms with Crippen LogP contribution in [0.5, 0.6) is 0 Å². The minimum absolute atomic E-state index is 0. The maximum atomic E-state index is 6.16. The predicted molar refractivity (Wildman–Crippen MR) is 156 cm³/mol. The van der Waals surface area contributed by atoms with Crippen LogP contribution < -0.4 is 0 Å². The zero-order valence-electron chi connectivity index (χ0n) is 19.8. The number of hydrogen-bond acceptors (Lipinski definition) is 10. The summed E-state index contributed by atoms with van der Waals surface area (Å²) in [6.45, 7) is 0. The van der Waals surface area contributed by atoms with Crippen molar-refractivity contribution in [3.8, 4) is 22.8 Å². The number of rotatable bonds is 4. The minimum atomic E-state index is 0. The van der Waals surface area contributed by atoms with Gasteiger partial charge in [0.15, 0.2) is 15.5 Å². The van der Waals surface area contributed by atoms with Crippen LogP contribution in [0.25, 0.3) is 44.6 Å². The Morgan fingerprint density at radius 3 is 1.89 bits per heavy atom. The molecule has 0 aromatic carbocycles. The van der Waals surface area contributed by atoms with Crippen LogP contribution in [0.2, 0.25) is 5.15 Å². The van der Waals surface area contributed by atoms with Crippen molar-refractivity contribution < 1.29 is 0 Å². The van der Waals surface area contributed by atoms with Crippen molar-refractivity contribution in [3.05, 3.63) is 84.7 Å².